The van der Waals surface area contributed by atoms with Gasteiger partial charge in [0.25, 0.3) is 0 Å². The number of carbonyl (C=O) groups excluding carboxylic acids is 1. The topological polar surface area (TPSA) is 29.5 Å². The molecule has 3 heteroatoms. The maximum Gasteiger partial charge on any atom is 0.176 e. The van der Waals surface area contributed by atoms with Crippen molar-refractivity contribution in [1.29, 1.82) is 0 Å². The fraction of sp³-hybridized carbons (Fsp3) is 0.562. The largest absolute Gasteiger partial charge is 0.497 e. The van der Waals surface area contributed by atoms with Gasteiger partial charge in [0.1, 0.15) is 5.75 Å². The second-order valence-corrected chi connectivity index (χ2v) is 5.76. The van der Waals surface area contributed by atoms with Crippen LogP contribution >= 0.6 is 0 Å². The minimum absolute atomic E-state index is 0.214. The fourth-order valence-electron chi connectivity index (χ4n) is 2.49. The summed E-state index contributed by atoms with van der Waals surface area (Å²) in [6, 6.07) is 8.14. The molecular formula is C16H21NO2. The van der Waals surface area contributed by atoms with E-state index >= 15 is 0 Å². The first-order valence-corrected chi connectivity index (χ1v) is 7.17. The fourth-order valence-corrected chi connectivity index (χ4v) is 2.49. The van der Waals surface area contributed by atoms with Crippen molar-refractivity contribution in [1.82, 2.24) is 4.90 Å². The monoisotopic (exact) mass is 259 g/mol. The minimum atomic E-state index is 0.214. The van der Waals surface area contributed by atoms with Crippen molar-refractivity contribution < 1.29 is 9.53 Å². The van der Waals surface area contributed by atoms with Crippen LogP contribution in [-0.2, 0) is 0 Å². The standard InChI is InChI=1S/C16H21NO2/c1-19-15-4-2-3-13(9-15)16(18)11-17(14-7-8-14)10-12-5-6-12/h2-4,9,12,14H,5-8,10-11H2,1H3. The molecule has 0 saturated heterocycles. The summed E-state index contributed by atoms with van der Waals surface area (Å²) in [5.74, 6) is 1.82. The van der Waals surface area contributed by atoms with Crippen LogP contribution in [0.1, 0.15) is 36.0 Å². The summed E-state index contributed by atoms with van der Waals surface area (Å²) in [5, 5.41) is 0. The molecule has 0 aliphatic heterocycles. The van der Waals surface area contributed by atoms with Gasteiger partial charge in [0.2, 0.25) is 0 Å². The van der Waals surface area contributed by atoms with Crippen molar-refractivity contribution in [3.05, 3.63) is 29.8 Å². The summed E-state index contributed by atoms with van der Waals surface area (Å²) >= 11 is 0. The third-order valence-electron chi connectivity index (χ3n) is 3.99. The minimum Gasteiger partial charge on any atom is -0.497 e. The Morgan fingerprint density at radius 2 is 2.11 bits per heavy atom. The highest BCUT2D eigenvalue weighted by atomic mass is 16.5. The van der Waals surface area contributed by atoms with Crippen LogP contribution < -0.4 is 4.74 Å². The number of carbonyl (C=O) groups is 1. The van der Waals surface area contributed by atoms with E-state index in [1.807, 2.05) is 24.3 Å². The van der Waals surface area contributed by atoms with Gasteiger partial charge in [-0.05, 0) is 43.7 Å². The van der Waals surface area contributed by atoms with Crippen LogP contribution in [-0.4, -0.2) is 36.9 Å². The molecule has 2 aliphatic rings. The molecule has 0 aromatic heterocycles. The molecule has 19 heavy (non-hydrogen) atoms. The summed E-state index contributed by atoms with van der Waals surface area (Å²) < 4.78 is 5.18. The van der Waals surface area contributed by atoms with Crippen molar-refractivity contribution in [2.24, 2.45) is 5.92 Å². The lowest BCUT2D eigenvalue weighted by molar-refractivity contribution is 0.0920. The van der Waals surface area contributed by atoms with Gasteiger partial charge in [-0.2, -0.15) is 0 Å². The van der Waals surface area contributed by atoms with Crippen LogP contribution in [0.3, 0.4) is 0 Å². The molecule has 0 unspecified atom stereocenters. The first-order chi connectivity index (χ1) is 9.26. The molecule has 0 amide bonds. The molecule has 0 bridgehead atoms. The SMILES string of the molecule is COc1cccc(C(=O)CN(CC2CC2)C2CC2)c1. The highest BCUT2D eigenvalue weighted by Crippen LogP contribution is 2.34. The number of benzene rings is 1. The number of nitrogens with zero attached hydrogens (tertiary/aromatic N) is 1. The lowest BCUT2D eigenvalue weighted by atomic mass is 10.1. The lowest BCUT2D eigenvalue weighted by Crippen LogP contribution is -2.33. The van der Waals surface area contributed by atoms with Crippen molar-refractivity contribution in [2.75, 3.05) is 20.2 Å². The third-order valence-corrected chi connectivity index (χ3v) is 3.99. The average Bonchev–Trinajstić information content (AvgIpc) is 3.29. The Hall–Kier alpha value is -1.35. The second kappa shape index (κ2) is 5.33. The van der Waals surface area contributed by atoms with E-state index in [4.69, 9.17) is 4.74 Å². The van der Waals surface area contributed by atoms with Crippen LogP contribution in [0.4, 0.5) is 0 Å². The number of ether oxygens (including phenoxy) is 1. The first-order valence-electron chi connectivity index (χ1n) is 7.17. The molecule has 0 atom stereocenters. The van der Waals surface area contributed by atoms with Crippen LogP contribution in [0.15, 0.2) is 24.3 Å². The Labute approximate surface area is 114 Å². The number of methoxy groups -OCH3 is 1. The van der Waals surface area contributed by atoms with Crippen LogP contribution in [0, 0.1) is 5.92 Å². The normalized spacial score (nSPS) is 18.6. The average molecular weight is 259 g/mol. The molecule has 2 fully saturated rings. The molecule has 3 nitrogen and oxygen atoms in total. The number of ketones is 1. The smallest absolute Gasteiger partial charge is 0.176 e. The Morgan fingerprint density at radius 1 is 1.32 bits per heavy atom. The molecule has 0 spiro atoms. The summed E-state index contributed by atoms with van der Waals surface area (Å²) in [7, 11) is 1.63. The van der Waals surface area contributed by atoms with Gasteiger partial charge in [-0.15, -0.1) is 0 Å². The number of hydrogen-bond donors (Lipinski definition) is 0. The van der Waals surface area contributed by atoms with E-state index in [0.717, 1.165) is 23.8 Å². The maximum absolute atomic E-state index is 12.4. The van der Waals surface area contributed by atoms with Crippen molar-refractivity contribution in [3.8, 4) is 5.75 Å². The van der Waals surface area contributed by atoms with Crippen LogP contribution in [0.2, 0.25) is 0 Å². The van der Waals surface area contributed by atoms with Crippen molar-refractivity contribution in [2.45, 2.75) is 31.7 Å². The van der Waals surface area contributed by atoms with Gasteiger partial charge in [0, 0.05) is 18.2 Å². The van der Waals surface area contributed by atoms with Gasteiger partial charge in [0.05, 0.1) is 13.7 Å². The van der Waals surface area contributed by atoms with Gasteiger partial charge < -0.3 is 4.74 Å². The molecule has 1 aromatic carbocycles. The van der Waals surface area contributed by atoms with Gasteiger partial charge in [-0.25, -0.2) is 0 Å². The summed E-state index contributed by atoms with van der Waals surface area (Å²) in [4.78, 5) is 14.7. The zero-order valence-electron chi connectivity index (χ0n) is 11.5. The van der Waals surface area contributed by atoms with E-state index in [9.17, 15) is 4.79 Å². The highest BCUT2D eigenvalue weighted by Gasteiger charge is 2.34. The molecule has 1 aromatic rings. The summed E-state index contributed by atoms with van der Waals surface area (Å²) in [6.45, 7) is 1.68. The Morgan fingerprint density at radius 3 is 2.74 bits per heavy atom. The lowest BCUT2D eigenvalue weighted by Gasteiger charge is -2.20. The summed E-state index contributed by atoms with van der Waals surface area (Å²) in [5.41, 5.74) is 0.765. The van der Waals surface area contributed by atoms with E-state index in [0.29, 0.717) is 12.6 Å². The number of hydrogen-bond acceptors (Lipinski definition) is 3. The summed E-state index contributed by atoms with van der Waals surface area (Å²) in [6.07, 6.45) is 5.21. The van der Waals surface area contributed by atoms with E-state index in [1.54, 1.807) is 7.11 Å². The molecule has 0 radical (unpaired) electrons. The molecule has 3 rings (SSSR count). The Balaban J connectivity index is 1.64. The maximum atomic E-state index is 12.4. The molecule has 0 N–H and O–H groups in total. The predicted octanol–water partition coefficient (Wildman–Crippen LogP) is 2.75. The zero-order chi connectivity index (χ0) is 13.2. The highest BCUT2D eigenvalue weighted by molar-refractivity contribution is 5.98. The number of Topliss-reactive ketones (excluding diaryl/α,β-unsaturated/α-hetero) is 1. The van der Waals surface area contributed by atoms with E-state index in [-0.39, 0.29) is 5.78 Å². The van der Waals surface area contributed by atoms with Gasteiger partial charge in [-0.1, -0.05) is 12.1 Å². The molecule has 102 valence electrons. The quantitative estimate of drug-likeness (QED) is 0.705. The third kappa shape index (κ3) is 3.35. The van der Waals surface area contributed by atoms with E-state index in [1.165, 1.54) is 25.7 Å². The van der Waals surface area contributed by atoms with Crippen LogP contribution in [0.25, 0.3) is 0 Å². The van der Waals surface area contributed by atoms with Crippen LogP contribution in [0.5, 0.6) is 5.75 Å². The van der Waals surface area contributed by atoms with Gasteiger partial charge >= 0.3 is 0 Å². The molecule has 2 aliphatic carbocycles. The van der Waals surface area contributed by atoms with Crippen molar-refractivity contribution >= 4 is 5.78 Å². The van der Waals surface area contributed by atoms with Gasteiger partial charge in [0.15, 0.2) is 5.78 Å². The molecular weight excluding hydrogens is 238 g/mol. The number of rotatable bonds is 7. The molecule has 2 saturated carbocycles. The van der Waals surface area contributed by atoms with Crippen molar-refractivity contribution in [3.63, 3.8) is 0 Å². The first kappa shape index (κ1) is 12.7. The zero-order valence-corrected chi connectivity index (χ0v) is 11.5. The van der Waals surface area contributed by atoms with E-state index in [2.05, 4.69) is 4.90 Å². The van der Waals surface area contributed by atoms with Gasteiger partial charge in [-0.3, -0.25) is 9.69 Å². The predicted molar refractivity (Wildman–Crippen MR) is 74.6 cm³/mol. The Bertz CT molecular complexity index is 464. The Kier molecular flexibility index (Phi) is 3.56. The second-order valence-electron chi connectivity index (χ2n) is 5.76. The van der Waals surface area contributed by atoms with E-state index < -0.39 is 0 Å². The molecule has 0 heterocycles.